The predicted molar refractivity (Wildman–Crippen MR) is 104 cm³/mol. The lowest BCUT2D eigenvalue weighted by molar-refractivity contribution is 0.670. The van der Waals surface area contributed by atoms with Crippen molar-refractivity contribution in [1.29, 1.82) is 0 Å². The van der Waals surface area contributed by atoms with Gasteiger partial charge in [0, 0.05) is 25.9 Å². The predicted octanol–water partition coefficient (Wildman–Crippen LogP) is 6.46. The summed E-state index contributed by atoms with van der Waals surface area (Å²) < 4.78 is 0. The van der Waals surface area contributed by atoms with Gasteiger partial charge in [-0.1, -0.05) is 116 Å². The van der Waals surface area contributed by atoms with E-state index in [1.807, 2.05) is 0 Å². The van der Waals surface area contributed by atoms with Crippen LogP contribution >= 0.6 is 0 Å². The van der Waals surface area contributed by atoms with Crippen molar-refractivity contribution in [2.75, 3.05) is 0 Å². The Hall–Kier alpha value is 0.651. The van der Waals surface area contributed by atoms with Crippen molar-refractivity contribution >= 4 is 25.9 Å². The molecule has 0 heterocycles. The van der Waals surface area contributed by atoms with Crippen LogP contribution in [0.2, 0.25) is 18.1 Å². The Morgan fingerprint density at radius 1 is 0.571 bits per heavy atom. The second-order valence-corrected chi connectivity index (χ2v) is 17.3. The average Bonchev–Trinajstić information content (AvgIpc) is 2.51. The maximum Gasteiger partial charge on any atom is 0.0381 e. The molecule has 0 unspecified atom stereocenters. The summed E-state index contributed by atoms with van der Waals surface area (Å²) in [4.78, 5) is 0. The van der Waals surface area contributed by atoms with E-state index in [0.717, 1.165) is 8.55 Å². The molecular weight excluding hydrogens is 300 g/mol. The molecule has 0 aliphatic heterocycles. The zero-order valence-electron chi connectivity index (χ0n) is 15.1. The van der Waals surface area contributed by atoms with Gasteiger partial charge < -0.3 is 0 Å². The van der Waals surface area contributed by atoms with E-state index in [2.05, 4.69) is 30.5 Å². The minimum Gasteiger partial charge on any atom is -0.0654 e. The van der Waals surface area contributed by atoms with Gasteiger partial charge >= 0.3 is 0 Å². The van der Waals surface area contributed by atoms with E-state index >= 15 is 0 Å². The van der Waals surface area contributed by atoms with Crippen molar-refractivity contribution in [2.45, 2.75) is 116 Å². The van der Waals surface area contributed by atoms with Crippen LogP contribution in [0.5, 0.6) is 0 Å². The Morgan fingerprint density at radius 2 is 0.905 bits per heavy atom. The fourth-order valence-corrected chi connectivity index (χ4v) is 13.2. The molecule has 0 aromatic heterocycles. The molecule has 3 heteroatoms. The van der Waals surface area contributed by atoms with Gasteiger partial charge in [-0.2, -0.15) is 0 Å². The minimum atomic E-state index is -0.978. The van der Waals surface area contributed by atoms with Gasteiger partial charge in [0.15, 0.2) is 0 Å². The highest BCUT2D eigenvalue weighted by atomic mass is 29.5. The second-order valence-electron chi connectivity index (χ2n) is 6.84. The first-order valence-corrected chi connectivity index (χ1v) is 15.8. The summed E-state index contributed by atoms with van der Waals surface area (Å²) in [5, 5.41) is 0. The van der Waals surface area contributed by atoms with Crippen LogP contribution < -0.4 is 0 Å². The first-order valence-electron chi connectivity index (χ1n) is 9.68. The van der Waals surface area contributed by atoms with Gasteiger partial charge in [0.1, 0.15) is 0 Å². The molecule has 0 spiro atoms. The van der Waals surface area contributed by atoms with Crippen molar-refractivity contribution in [3.05, 3.63) is 0 Å². The molecule has 0 bridgehead atoms. The molecule has 0 aliphatic rings. The zero-order valence-corrected chi connectivity index (χ0v) is 18.1. The Labute approximate surface area is 142 Å². The molecule has 21 heavy (non-hydrogen) atoms. The molecular formula is C18H39Si3. The minimum absolute atomic E-state index is 0.978. The van der Waals surface area contributed by atoms with Crippen molar-refractivity contribution in [3.63, 3.8) is 0 Å². The number of hydrogen-bond acceptors (Lipinski definition) is 0. The van der Waals surface area contributed by atoms with E-state index < -0.39 is 7.59 Å². The highest BCUT2D eigenvalue weighted by Crippen LogP contribution is 2.28. The Balaban J connectivity index is 4.22. The summed E-state index contributed by atoms with van der Waals surface area (Å²) in [5.74, 6) is 0. The van der Waals surface area contributed by atoms with Gasteiger partial charge in [-0.05, 0) is 0 Å². The van der Waals surface area contributed by atoms with E-state index in [4.69, 9.17) is 0 Å². The number of unbranched alkanes of at least 4 members (excludes halogenated alkanes) is 9. The van der Waals surface area contributed by atoms with Crippen molar-refractivity contribution < 1.29 is 0 Å². The Kier molecular flexibility index (Phi) is 16.0. The molecule has 0 saturated carbocycles. The van der Waals surface area contributed by atoms with Crippen molar-refractivity contribution in [3.8, 4) is 0 Å². The van der Waals surface area contributed by atoms with Crippen LogP contribution in [-0.4, -0.2) is 25.9 Å². The van der Waals surface area contributed by atoms with Gasteiger partial charge in [-0.3, -0.25) is 0 Å². The quantitative estimate of drug-likeness (QED) is 0.223. The second kappa shape index (κ2) is 15.5. The molecule has 0 fully saturated rings. The van der Waals surface area contributed by atoms with Crippen molar-refractivity contribution in [1.82, 2.24) is 0 Å². The maximum atomic E-state index is 4.02. The standard InChI is InChI=1S/C18H39Si3/c1-4-7-10-13-16-21(20-19,17-14-11-8-5-2)18-15-12-9-6-3/h4-18H2,1-3H3. The summed E-state index contributed by atoms with van der Waals surface area (Å²) >= 11 is 0. The van der Waals surface area contributed by atoms with Crippen LogP contribution in [0.3, 0.4) is 0 Å². The molecule has 0 aromatic rings. The largest absolute Gasteiger partial charge is 0.0654 e. The number of rotatable bonds is 16. The SMILES string of the molecule is CCCCCC[Si](CCCCCC)(CCCCCC)[Si][Si]. The molecule has 0 saturated heterocycles. The molecule has 5 radical (unpaired) electrons. The summed E-state index contributed by atoms with van der Waals surface area (Å²) in [6.07, 6.45) is 17.4. The van der Waals surface area contributed by atoms with Crippen LogP contribution in [0.4, 0.5) is 0 Å². The van der Waals surface area contributed by atoms with Crippen LogP contribution in [0.25, 0.3) is 0 Å². The first kappa shape index (κ1) is 21.7. The highest BCUT2D eigenvalue weighted by molar-refractivity contribution is 7.40. The average molecular weight is 340 g/mol. The van der Waals surface area contributed by atoms with Gasteiger partial charge in [-0.25, -0.2) is 0 Å². The van der Waals surface area contributed by atoms with E-state index in [1.165, 1.54) is 77.0 Å². The smallest absolute Gasteiger partial charge is 0.0381 e. The molecule has 0 atom stereocenters. The van der Waals surface area contributed by atoms with E-state index in [1.54, 1.807) is 18.1 Å². The zero-order chi connectivity index (χ0) is 15.8. The van der Waals surface area contributed by atoms with Gasteiger partial charge in [0.25, 0.3) is 0 Å². The lowest BCUT2D eigenvalue weighted by atomic mass is 10.2. The van der Waals surface area contributed by atoms with Crippen LogP contribution in [-0.2, 0) is 0 Å². The van der Waals surface area contributed by atoms with Crippen molar-refractivity contribution in [2.24, 2.45) is 0 Å². The normalized spacial score (nSPS) is 12.0. The summed E-state index contributed by atoms with van der Waals surface area (Å²) in [6.45, 7) is 6.98. The van der Waals surface area contributed by atoms with Crippen LogP contribution in [0.1, 0.15) is 97.8 Å². The lowest BCUT2D eigenvalue weighted by Crippen LogP contribution is -2.42. The molecule has 123 valence electrons. The van der Waals surface area contributed by atoms with Crippen LogP contribution in [0, 0.1) is 0 Å². The van der Waals surface area contributed by atoms with Gasteiger partial charge in [0.05, 0.1) is 0 Å². The fourth-order valence-electron chi connectivity index (χ4n) is 3.23. The fraction of sp³-hybridized carbons (Fsp3) is 1.00. The third-order valence-corrected chi connectivity index (χ3v) is 17.9. The first-order chi connectivity index (χ1) is 10.2. The summed E-state index contributed by atoms with van der Waals surface area (Å²) in [7, 11) is 4.14. The molecule has 0 aromatic carbocycles. The van der Waals surface area contributed by atoms with Gasteiger partial charge in [0.2, 0.25) is 0 Å². The topological polar surface area (TPSA) is 0 Å². The van der Waals surface area contributed by atoms with Crippen LogP contribution in [0.15, 0.2) is 0 Å². The molecule has 0 aliphatic carbocycles. The number of hydrogen-bond donors (Lipinski definition) is 0. The highest BCUT2D eigenvalue weighted by Gasteiger charge is 2.29. The van der Waals surface area contributed by atoms with E-state index in [9.17, 15) is 0 Å². The Bertz CT molecular complexity index is 175. The Morgan fingerprint density at radius 3 is 1.14 bits per heavy atom. The maximum absolute atomic E-state index is 4.02. The molecule has 0 amide bonds. The van der Waals surface area contributed by atoms with Gasteiger partial charge in [-0.15, -0.1) is 0 Å². The van der Waals surface area contributed by atoms with E-state index in [-0.39, 0.29) is 0 Å². The monoisotopic (exact) mass is 339 g/mol. The van der Waals surface area contributed by atoms with E-state index in [0.29, 0.717) is 0 Å². The lowest BCUT2D eigenvalue weighted by Gasteiger charge is -2.31. The molecule has 0 nitrogen and oxygen atoms in total. The molecule has 0 N–H and O–H groups in total. The third kappa shape index (κ3) is 11.8. The molecule has 0 rings (SSSR count). The third-order valence-electron chi connectivity index (χ3n) is 4.79. The summed E-state index contributed by atoms with van der Waals surface area (Å²) in [6, 6.07) is 4.81. The summed E-state index contributed by atoms with van der Waals surface area (Å²) in [5.41, 5.74) is 0.